The van der Waals surface area contributed by atoms with Crippen molar-refractivity contribution in [2.75, 3.05) is 13.7 Å². The molecule has 0 amide bonds. The lowest BCUT2D eigenvalue weighted by Gasteiger charge is -2.24. The predicted molar refractivity (Wildman–Crippen MR) is 94.3 cm³/mol. The van der Waals surface area contributed by atoms with Gasteiger partial charge in [0.2, 0.25) is 10.0 Å². The summed E-state index contributed by atoms with van der Waals surface area (Å²) < 4.78 is 58.3. The number of halogens is 2. The Morgan fingerprint density at radius 1 is 1.15 bits per heavy atom. The molecule has 0 saturated carbocycles. The second kappa shape index (κ2) is 8.11. The van der Waals surface area contributed by atoms with Crippen molar-refractivity contribution in [2.24, 2.45) is 0 Å². The summed E-state index contributed by atoms with van der Waals surface area (Å²) in [4.78, 5) is 0. The van der Waals surface area contributed by atoms with Crippen molar-refractivity contribution in [3.05, 3.63) is 65.2 Å². The molecular weight excluding hydrogens is 364 g/mol. The van der Waals surface area contributed by atoms with E-state index in [1.165, 1.54) is 6.92 Å². The molecule has 5 nitrogen and oxygen atoms in total. The van der Waals surface area contributed by atoms with Gasteiger partial charge in [-0.25, -0.2) is 21.9 Å². The molecule has 0 radical (unpaired) electrons. The monoisotopic (exact) mass is 385 g/mol. The Kier molecular flexibility index (Phi) is 6.33. The van der Waals surface area contributed by atoms with Gasteiger partial charge in [0.05, 0.1) is 18.5 Å². The van der Waals surface area contributed by atoms with Gasteiger partial charge in [-0.05, 0) is 42.8 Å². The minimum Gasteiger partial charge on any atom is -0.497 e. The van der Waals surface area contributed by atoms with Gasteiger partial charge >= 0.3 is 0 Å². The first-order valence-electron chi connectivity index (χ1n) is 7.87. The molecule has 0 spiro atoms. The maximum absolute atomic E-state index is 13.6. The van der Waals surface area contributed by atoms with Crippen molar-refractivity contribution in [1.29, 1.82) is 0 Å². The van der Waals surface area contributed by atoms with Gasteiger partial charge in [-0.2, -0.15) is 0 Å². The van der Waals surface area contributed by atoms with Crippen LogP contribution in [0.1, 0.15) is 18.1 Å². The molecule has 0 saturated heterocycles. The number of aliphatic hydroxyl groups is 1. The first kappa shape index (κ1) is 20.3. The van der Waals surface area contributed by atoms with Crippen molar-refractivity contribution in [3.63, 3.8) is 0 Å². The van der Waals surface area contributed by atoms with Crippen LogP contribution >= 0.6 is 0 Å². The zero-order valence-electron chi connectivity index (χ0n) is 14.5. The second-order valence-electron chi connectivity index (χ2n) is 6.34. The number of ether oxygens (including phenoxy) is 1. The fourth-order valence-corrected chi connectivity index (χ4v) is 3.68. The molecule has 1 atom stereocenters. The zero-order valence-corrected chi connectivity index (χ0v) is 15.3. The maximum atomic E-state index is 13.6. The van der Waals surface area contributed by atoms with Crippen LogP contribution in [-0.4, -0.2) is 32.8 Å². The summed E-state index contributed by atoms with van der Waals surface area (Å²) in [6, 6.07) is 9.64. The Labute approximate surface area is 151 Å². The van der Waals surface area contributed by atoms with Crippen molar-refractivity contribution in [2.45, 2.75) is 24.7 Å². The van der Waals surface area contributed by atoms with Gasteiger partial charge in [-0.1, -0.05) is 12.1 Å². The van der Waals surface area contributed by atoms with E-state index in [1.807, 2.05) is 0 Å². The van der Waals surface area contributed by atoms with Gasteiger partial charge in [-0.3, -0.25) is 0 Å². The van der Waals surface area contributed by atoms with Gasteiger partial charge in [0.25, 0.3) is 0 Å². The Morgan fingerprint density at radius 3 is 2.42 bits per heavy atom. The lowest BCUT2D eigenvalue weighted by molar-refractivity contribution is 0.0657. The van der Waals surface area contributed by atoms with Gasteiger partial charge in [0, 0.05) is 18.5 Å². The molecular formula is C18H21F2NO4S. The van der Waals surface area contributed by atoms with Crippen molar-refractivity contribution in [1.82, 2.24) is 4.72 Å². The molecule has 0 unspecified atom stereocenters. The fraction of sp³-hybridized carbons (Fsp3) is 0.333. The molecule has 0 aliphatic carbocycles. The summed E-state index contributed by atoms with van der Waals surface area (Å²) in [5.41, 5.74) is -0.833. The van der Waals surface area contributed by atoms with Crippen LogP contribution < -0.4 is 9.46 Å². The molecule has 2 aromatic carbocycles. The normalized spacial score (nSPS) is 14.0. The molecule has 0 aromatic heterocycles. The second-order valence-corrected chi connectivity index (χ2v) is 8.14. The SMILES string of the molecule is COc1ccc(C[C@@](C)(O)CNS(=O)(=O)Cc2cc(F)ccc2F)cc1. The Balaban J connectivity index is 1.99. The molecule has 0 aliphatic heterocycles. The van der Waals surface area contributed by atoms with E-state index in [0.29, 0.717) is 5.75 Å². The number of hydrogen-bond donors (Lipinski definition) is 2. The molecule has 8 heteroatoms. The van der Waals surface area contributed by atoms with Gasteiger partial charge < -0.3 is 9.84 Å². The molecule has 26 heavy (non-hydrogen) atoms. The van der Waals surface area contributed by atoms with E-state index in [1.54, 1.807) is 31.4 Å². The third-order valence-corrected chi connectivity index (χ3v) is 5.05. The predicted octanol–water partition coefficient (Wildman–Crippen LogP) is 2.39. The summed E-state index contributed by atoms with van der Waals surface area (Å²) in [7, 11) is -2.40. The summed E-state index contributed by atoms with van der Waals surface area (Å²) >= 11 is 0. The highest BCUT2D eigenvalue weighted by Crippen LogP contribution is 2.18. The number of hydrogen-bond acceptors (Lipinski definition) is 4. The first-order valence-corrected chi connectivity index (χ1v) is 9.52. The summed E-state index contributed by atoms with van der Waals surface area (Å²) in [5, 5.41) is 10.4. The average molecular weight is 385 g/mol. The van der Waals surface area contributed by atoms with Crippen molar-refractivity contribution < 1.29 is 27.0 Å². The minimum absolute atomic E-state index is 0.202. The lowest BCUT2D eigenvalue weighted by atomic mass is 9.97. The molecule has 0 fully saturated rings. The third kappa shape index (κ3) is 6.05. The summed E-state index contributed by atoms with van der Waals surface area (Å²) in [5.74, 6) is -1.56. The molecule has 142 valence electrons. The molecule has 0 aliphatic rings. The Morgan fingerprint density at radius 2 is 1.81 bits per heavy atom. The molecule has 0 heterocycles. The van der Waals surface area contributed by atoms with E-state index in [-0.39, 0.29) is 18.5 Å². The van der Waals surface area contributed by atoms with Crippen LogP contribution in [-0.2, 0) is 22.2 Å². The number of benzene rings is 2. The van der Waals surface area contributed by atoms with E-state index < -0.39 is 33.0 Å². The van der Waals surface area contributed by atoms with Crippen LogP contribution in [0.5, 0.6) is 5.75 Å². The van der Waals surface area contributed by atoms with E-state index in [9.17, 15) is 22.3 Å². The molecule has 2 aromatic rings. The van der Waals surface area contributed by atoms with Gasteiger partial charge in [0.1, 0.15) is 17.4 Å². The van der Waals surface area contributed by atoms with Crippen LogP contribution in [0, 0.1) is 11.6 Å². The molecule has 0 bridgehead atoms. The number of rotatable bonds is 8. The van der Waals surface area contributed by atoms with Crippen molar-refractivity contribution >= 4 is 10.0 Å². The largest absolute Gasteiger partial charge is 0.497 e. The Bertz CT molecular complexity index is 852. The maximum Gasteiger partial charge on any atom is 0.215 e. The van der Waals surface area contributed by atoms with Gasteiger partial charge in [0.15, 0.2) is 0 Å². The third-order valence-electron chi connectivity index (χ3n) is 3.77. The molecule has 2 rings (SSSR count). The quantitative estimate of drug-likeness (QED) is 0.732. The van der Waals surface area contributed by atoms with Crippen LogP contribution in [0.15, 0.2) is 42.5 Å². The van der Waals surface area contributed by atoms with Crippen LogP contribution in [0.3, 0.4) is 0 Å². The smallest absolute Gasteiger partial charge is 0.215 e. The lowest BCUT2D eigenvalue weighted by Crippen LogP contribution is -2.42. The fourth-order valence-electron chi connectivity index (χ4n) is 2.42. The highest BCUT2D eigenvalue weighted by Gasteiger charge is 2.24. The van der Waals surface area contributed by atoms with Crippen LogP contribution in [0.2, 0.25) is 0 Å². The zero-order chi connectivity index (χ0) is 19.4. The van der Waals surface area contributed by atoms with Gasteiger partial charge in [-0.15, -0.1) is 0 Å². The molecule has 2 N–H and O–H groups in total. The van der Waals surface area contributed by atoms with Crippen LogP contribution in [0.4, 0.5) is 8.78 Å². The highest BCUT2D eigenvalue weighted by atomic mass is 32.2. The van der Waals surface area contributed by atoms with E-state index >= 15 is 0 Å². The van der Waals surface area contributed by atoms with E-state index in [4.69, 9.17) is 4.74 Å². The highest BCUT2D eigenvalue weighted by molar-refractivity contribution is 7.88. The minimum atomic E-state index is -3.95. The number of sulfonamides is 1. The van der Waals surface area contributed by atoms with E-state index in [2.05, 4.69) is 4.72 Å². The average Bonchev–Trinajstić information content (AvgIpc) is 2.57. The summed E-state index contributed by atoms with van der Waals surface area (Å²) in [6.45, 7) is 1.22. The summed E-state index contributed by atoms with van der Waals surface area (Å²) in [6.07, 6.45) is 0.202. The first-order chi connectivity index (χ1) is 12.1. The number of methoxy groups -OCH3 is 1. The van der Waals surface area contributed by atoms with Crippen LogP contribution in [0.25, 0.3) is 0 Å². The van der Waals surface area contributed by atoms with Crippen molar-refractivity contribution in [3.8, 4) is 5.75 Å². The number of nitrogens with one attached hydrogen (secondary N) is 1. The van der Waals surface area contributed by atoms with E-state index in [0.717, 1.165) is 23.8 Å². The topological polar surface area (TPSA) is 75.6 Å². The standard InChI is InChI=1S/C18H21F2NO4S/c1-18(22,10-13-3-6-16(25-2)7-4-13)12-21-26(23,24)11-14-9-15(19)5-8-17(14)20/h3-9,21-22H,10-12H2,1-2H3/t18-/m1/s1. The Hall–Kier alpha value is -2.03.